The fourth-order valence-corrected chi connectivity index (χ4v) is 9.48. The molecule has 6 nitrogen and oxygen atoms in total. The van der Waals surface area contributed by atoms with E-state index in [4.69, 9.17) is 9.47 Å². The highest BCUT2D eigenvalue weighted by atomic mass is 16.5. The summed E-state index contributed by atoms with van der Waals surface area (Å²) in [5.41, 5.74) is -0.589. The van der Waals surface area contributed by atoms with Crippen molar-refractivity contribution < 1.29 is 29.3 Å². The topological polar surface area (TPSA) is 93.1 Å². The molecule has 0 heterocycles. The number of hydrogen-bond donors (Lipinski definition) is 2. The van der Waals surface area contributed by atoms with Gasteiger partial charge >= 0.3 is 11.9 Å². The molecule has 8 atom stereocenters. The number of esters is 1. The van der Waals surface area contributed by atoms with Crippen molar-refractivity contribution in [3.05, 3.63) is 29.8 Å². The molecule has 0 saturated heterocycles. The van der Waals surface area contributed by atoms with Crippen LogP contribution < -0.4 is 4.74 Å². The van der Waals surface area contributed by atoms with Gasteiger partial charge < -0.3 is 19.7 Å². The number of rotatable bonds is 5. The smallest absolute Gasteiger partial charge is 0.338 e. The Kier molecular flexibility index (Phi) is 5.78. The Bertz CT molecular complexity index is 1000. The minimum absolute atomic E-state index is 0.0761. The second kappa shape index (κ2) is 8.22. The average Bonchev–Trinajstić information content (AvgIpc) is 2.98. The van der Waals surface area contributed by atoms with Crippen molar-refractivity contribution in [1.29, 1.82) is 0 Å². The molecule has 192 valence electrons. The summed E-state index contributed by atoms with van der Waals surface area (Å²) in [7, 11) is 1.59. The van der Waals surface area contributed by atoms with E-state index in [9.17, 15) is 19.8 Å². The van der Waals surface area contributed by atoms with Crippen LogP contribution in [0.25, 0.3) is 0 Å². The largest absolute Gasteiger partial charge is 0.497 e. The van der Waals surface area contributed by atoms with E-state index in [0.717, 1.165) is 51.4 Å². The van der Waals surface area contributed by atoms with Crippen LogP contribution in [0.15, 0.2) is 24.3 Å². The molecule has 1 aromatic rings. The molecule has 0 amide bonds. The van der Waals surface area contributed by atoms with Gasteiger partial charge in [-0.1, -0.05) is 20.3 Å². The zero-order valence-corrected chi connectivity index (χ0v) is 21.5. The molecule has 35 heavy (non-hydrogen) atoms. The van der Waals surface area contributed by atoms with Crippen molar-refractivity contribution in [2.45, 2.75) is 78.2 Å². The molecule has 2 bridgehead atoms. The lowest BCUT2D eigenvalue weighted by molar-refractivity contribution is -0.189. The van der Waals surface area contributed by atoms with Crippen molar-refractivity contribution in [2.75, 3.05) is 13.7 Å². The van der Waals surface area contributed by atoms with E-state index in [1.807, 2.05) is 6.92 Å². The highest BCUT2D eigenvalue weighted by Crippen LogP contribution is 2.75. The van der Waals surface area contributed by atoms with Gasteiger partial charge in [-0.05, 0) is 104 Å². The van der Waals surface area contributed by atoms with E-state index in [-0.39, 0.29) is 40.7 Å². The maximum Gasteiger partial charge on any atom is 0.338 e. The van der Waals surface area contributed by atoms with Gasteiger partial charge in [-0.25, -0.2) is 4.79 Å². The van der Waals surface area contributed by atoms with Gasteiger partial charge in [0.2, 0.25) is 0 Å². The molecular weight excluding hydrogens is 444 g/mol. The fourth-order valence-electron chi connectivity index (χ4n) is 9.48. The Labute approximate surface area is 208 Å². The minimum atomic E-state index is -0.692. The van der Waals surface area contributed by atoms with Crippen LogP contribution in [0.2, 0.25) is 0 Å². The third-order valence-corrected chi connectivity index (χ3v) is 11.1. The van der Waals surface area contributed by atoms with E-state index < -0.39 is 17.5 Å². The number of carboxylic acids is 1. The van der Waals surface area contributed by atoms with Gasteiger partial charge in [0.25, 0.3) is 0 Å². The van der Waals surface area contributed by atoms with E-state index in [1.54, 1.807) is 31.4 Å². The Morgan fingerprint density at radius 2 is 1.69 bits per heavy atom. The first-order valence-corrected chi connectivity index (χ1v) is 13.2. The van der Waals surface area contributed by atoms with Gasteiger partial charge in [-0.2, -0.15) is 0 Å². The number of ether oxygens (including phenoxy) is 2. The molecule has 4 aliphatic carbocycles. The predicted octanol–water partition coefficient (Wildman–Crippen LogP) is 5.33. The lowest BCUT2D eigenvalue weighted by Crippen LogP contribution is -2.60. The summed E-state index contributed by atoms with van der Waals surface area (Å²) in [5.74, 6) is -0.0129. The van der Waals surface area contributed by atoms with Gasteiger partial charge in [0.15, 0.2) is 0 Å². The zero-order valence-electron chi connectivity index (χ0n) is 21.5. The Morgan fingerprint density at radius 1 is 1.00 bits per heavy atom. The highest BCUT2D eigenvalue weighted by molar-refractivity contribution is 5.89. The molecule has 6 heteroatoms. The summed E-state index contributed by atoms with van der Waals surface area (Å²) in [5, 5.41) is 21.8. The maximum atomic E-state index is 12.9. The number of carboxylic acid groups (broad SMARTS) is 1. The van der Waals surface area contributed by atoms with Crippen LogP contribution in [0.1, 0.15) is 82.5 Å². The van der Waals surface area contributed by atoms with Gasteiger partial charge in [-0.15, -0.1) is 0 Å². The van der Waals surface area contributed by atoms with Crippen LogP contribution in [0.3, 0.4) is 0 Å². The summed E-state index contributed by atoms with van der Waals surface area (Å²) in [6.45, 7) is 6.68. The van der Waals surface area contributed by atoms with Gasteiger partial charge in [0.05, 0.1) is 30.8 Å². The van der Waals surface area contributed by atoms with Crippen molar-refractivity contribution in [2.24, 2.45) is 39.4 Å². The van der Waals surface area contributed by atoms with E-state index in [1.165, 1.54) is 0 Å². The number of fused-ring (bicyclic) bond motifs is 3. The standard InChI is InChI=1S/C29H40O6/c1-26-14-10-22-27(2)12-5-13-28(3,25(32)33)21(27)11-15-29(22,17-26)20(23(26)30)16-35-24(31)18-6-8-19(34-4)9-7-18/h6-9,20-23,30H,5,10-17H2,1-4H3,(H,32,33)/t20-,21+,22+,23-,26+,27-,28-,29-/m1/s1. The molecule has 1 aromatic carbocycles. The van der Waals surface area contributed by atoms with Crippen LogP contribution in [-0.2, 0) is 9.53 Å². The summed E-state index contributed by atoms with van der Waals surface area (Å²) in [4.78, 5) is 25.3. The van der Waals surface area contributed by atoms with Crippen LogP contribution in [-0.4, -0.2) is 42.0 Å². The third-order valence-electron chi connectivity index (χ3n) is 11.1. The van der Waals surface area contributed by atoms with Gasteiger partial charge in [0, 0.05) is 5.92 Å². The molecule has 0 aliphatic heterocycles. The molecule has 4 saturated carbocycles. The summed E-state index contributed by atoms with van der Waals surface area (Å²) in [6.07, 6.45) is 6.84. The highest BCUT2D eigenvalue weighted by Gasteiger charge is 2.71. The monoisotopic (exact) mass is 484 g/mol. The molecule has 2 N–H and O–H groups in total. The van der Waals surface area contributed by atoms with Crippen molar-refractivity contribution in [3.63, 3.8) is 0 Å². The van der Waals surface area contributed by atoms with E-state index in [2.05, 4.69) is 13.8 Å². The lowest BCUT2D eigenvalue weighted by Gasteiger charge is -2.64. The molecule has 5 rings (SSSR count). The summed E-state index contributed by atoms with van der Waals surface area (Å²) < 4.78 is 11.0. The van der Waals surface area contributed by atoms with Crippen molar-refractivity contribution in [1.82, 2.24) is 0 Å². The first kappa shape index (κ1) is 24.6. The number of aliphatic hydroxyl groups is 1. The number of methoxy groups -OCH3 is 1. The predicted molar refractivity (Wildman–Crippen MR) is 131 cm³/mol. The number of aliphatic carboxylic acids is 1. The first-order chi connectivity index (χ1) is 16.5. The number of carbonyl (C=O) groups is 2. The summed E-state index contributed by atoms with van der Waals surface area (Å²) in [6, 6.07) is 6.89. The molecule has 0 unspecified atom stereocenters. The SMILES string of the molecule is COc1ccc(C(=O)OC[C@@H]2[C@@H](O)[C@@]3(C)CC[C@H]4[C@]5(C)CCC[C@@](C)(C(=O)O)[C@H]5CC[C@@]24C3)cc1. The Hall–Kier alpha value is -2.08. The Morgan fingerprint density at radius 3 is 2.34 bits per heavy atom. The number of aliphatic hydroxyl groups excluding tert-OH is 1. The normalized spacial score (nSPS) is 44.1. The molecular formula is C29H40O6. The van der Waals surface area contributed by atoms with Gasteiger partial charge in [0.1, 0.15) is 5.75 Å². The molecule has 4 aliphatic rings. The van der Waals surface area contributed by atoms with Crippen LogP contribution in [0, 0.1) is 39.4 Å². The van der Waals surface area contributed by atoms with Crippen LogP contribution >= 0.6 is 0 Å². The van der Waals surface area contributed by atoms with E-state index in [0.29, 0.717) is 17.2 Å². The van der Waals surface area contributed by atoms with Gasteiger partial charge in [-0.3, -0.25) is 4.79 Å². The first-order valence-electron chi connectivity index (χ1n) is 13.2. The fraction of sp³-hybridized carbons (Fsp3) is 0.724. The van der Waals surface area contributed by atoms with Crippen molar-refractivity contribution in [3.8, 4) is 5.75 Å². The van der Waals surface area contributed by atoms with Crippen LogP contribution in [0.4, 0.5) is 0 Å². The second-order valence-electron chi connectivity index (χ2n) is 12.7. The molecule has 4 fully saturated rings. The Balaban J connectivity index is 1.43. The maximum absolute atomic E-state index is 12.9. The quantitative estimate of drug-likeness (QED) is 0.549. The lowest BCUT2D eigenvalue weighted by atomic mass is 9.39. The molecule has 0 aromatic heterocycles. The number of hydrogen-bond acceptors (Lipinski definition) is 5. The third kappa shape index (κ3) is 3.46. The zero-order chi connectivity index (χ0) is 25.2. The molecule has 0 radical (unpaired) electrons. The molecule has 1 spiro atoms. The van der Waals surface area contributed by atoms with Crippen LogP contribution in [0.5, 0.6) is 5.75 Å². The number of carbonyl (C=O) groups excluding carboxylic acids is 1. The second-order valence-corrected chi connectivity index (χ2v) is 12.7. The summed E-state index contributed by atoms with van der Waals surface area (Å²) >= 11 is 0. The average molecular weight is 485 g/mol. The van der Waals surface area contributed by atoms with Crippen molar-refractivity contribution >= 4 is 11.9 Å². The minimum Gasteiger partial charge on any atom is -0.497 e. The van der Waals surface area contributed by atoms with E-state index >= 15 is 0 Å². The number of benzene rings is 1.